The first-order valence-electron chi connectivity index (χ1n) is 3.57. The minimum Gasteiger partial charge on any atom is -0.240 e. The number of rotatable bonds is 6. The van der Waals surface area contributed by atoms with Gasteiger partial charge in [-0.2, -0.15) is 0 Å². The molecule has 9 heavy (non-hydrogen) atoms. The zero-order chi connectivity index (χ0) is 6.95. The van der Waals surface area contributed by atoms with Gasteiger partial charge in [-0.3, -0.25) is 0 Å². The Morgan fingerprint density at radius 2 is 1.89 bits per heavy atom. The second kappa shape index (κ2) is 7.92. The summed E-state index contributed by atoms with van der Waals surface area (Å²) >= 11 is 0. The third kappa shape index (κ3) is 7.92. The molecule has 0 aliphatic heterocycles. The molecule has 0 unspecified atom stereocenters. The quantitative estimate of drug-likeness (QED) is 0.313. The van der Waals surface area contributed by atoms with Crippen LogP contribution >= 0.6 is 0 Å². The molecule has 0 amide bonds. The van der Waals surface area contributed by atoms with Gasteiger partial charge in [0.25, 0.3) is 0 Å². The molecule has 0 atom stereocenters. The molecule has 0 bridgehead atoms. The fourth-order valence-corrected chi connectivity index (χ4v) is 0.671. The molecule has 0 spiro atoms. The van der Waals surface area contributed by atoms with Crippen LogP contribution in [-0.4, -0.2) is 13.7 Å². The summed E-state index contributed by atoms with van der Waals surface area (Å²) in [6.45, 7) is 2.92. The normalized spacial score (nSPS) is 10.0. The SMILES string of the molecule is CCCCCCOOC. The Hall–Kier alpha value is -0.0800. The molecule has 0 aromatic heterocycles. The summed E-state index contributed by atoms with van der Waals surface area (Å²) in [6, 6.07) is 0. The van der Waals surface area contributed by atoms with Crippen molar-refractivity contribution in [2.45, 2.75) is 32.6 Å². The number of hydrogen-bond donors (Lipinski definition) is 0. The first kappa shape index (κ1) is 8.92. The van der Waals surface area contributed by atoms with E-state index in [2.05, 4.69) is 16.7 Å². The molecule has 0 aromatic carbocycles. The van der Waals surface area contributed by atoms with E-state index < -0.39 is 0 Å². The molecule has 0 aromatic rings. The van der Waals surface area contributed by atoms with Crippen LogP contribution in [0.2, 0.25) is 0 Å². The zero-order valence-corrected chi connectivity index (χ0v) is 6.35. The third-order valence-electron chi connectivity index (χ3n) is 1.20. The van der Waals surface area contributed by atoms with E-state index in [0.29, 0.717) is 0 Å². The van der Waals surface area contributed by atoms with Crippen molar-refractivity contribution in [3.8, 4) is 0 Å². The zero-order valence-electron chi connectivity index (χ0n) is 6.35. The van der Waals surface area contributed by atoms with Crippen LogP contribution < -0.4 is 0 Å². The molecule has 0 aliphatic carbocycles. The van der Waals surface area contributed by atoms with Crippen molar-refractivity contribution in [2.24, 2.45) is 0 Å². The molecule has 0 heterocycles. The fourth-order valence-electron chi connectivity index (χ4n) is 0.671. The Balaban J connectivity index is 2.60. The van der Waals surface area contributed by atoms with Crippen molar-refractivity contribution in [1.82, 2.24) is 0 Å². The van der Waals surface area contributed by atoms with Gasteiger partial charge in [-0.25, -0.2) is 9.78 Å². The van der Waals surface area contributed by atoms with Crippen molar-refractivity contribution in [2.75, 3.05) is 13.7 Å². The summed E-state index contributed by atoms with van der Waals surface area (Å²) < 4.78 is 0. The molecule has 2 nitrogen and oxygen atoms in total. The number of hydrogen-bond acceptors (Lipinski definition) is 2. The van der Waals surface area contributed by atoms with E-state index in [1.807, 2.05) is 0 Å². The summed E-state index contributed by atoms with van der Waals surface area (Å²) in [5.41, 5.74) is 0. The Morgan fingerprint density at radius 1 is 1.11 bits per heavy atom. The lowest BCUT2D eigenvalue weighted by molar-refractivity contribution is -0.272. The first-order valence-corrected chi connectivity index (χ1v) is 3.57. The van der Waals surface area contributed by atoms with Gasteiger partial charge in [0.2, 0.25) is 0 Å². The highest BCUT2D eigenvalue weighted by Gasteiger charge is 1.86. The molecule has 56 valence electrons. The van der Waals surface area contributed by atoms with Gasteiger partial charge >= 0.3 is 0 Å². The summed E-state index contributed by atoms with van der Waals surface area (Å²) in [6.07, 6.45) is 4.93. The van der Waals surface area contributed by atoms with Gasteiger partial charge in [0.05, 0.1) is 13.7 Å². The second-order valence-electron chi connectivity index (χ2n) is 2.05. The highest BCUT2D eigenvalue weighted by Crippen LogP contribution is 1.98. The molecule has 0 aliphatic rings. The van der Waals surface area contributed by atoms with Crippen LogP contribution in [0.4, 0.5) is 0 Å². The van der Waals surface area contributed by atoms with Crippen molar-refractivity contribution in [3.63, 3.8) is 0 Å². The van der Waals surface area contributed by atoms with Crippen LogP contribution in [0.3, 0.4) is 0 Å². The molecule has 0 radical (unpaired) electrons. The highest BCUT2D eigenvalue weighted by molar-refractivity contribution is 4.36. The largest absolute Gasteiger partial charge is 0.240 e. The van der Waals surface area contributed by atoms with E-state index in [4.69, 9.17) is 0 Å². The Bertz CT molecular complexity index is 40.2. The van der Waals surface area contributed by atoms with Crippen molar-refractivity contribution < 1.29 is 9.78 Å². The molecular formula is C7H16O2. The summed E-state index contributed by atoms with van der Waals surface area (Å²) in [5, 5.41) is 0. The maximum Gasteiger partial charge on any atom is 0.0822 e. The average molecular weight is 132 g/mol. The fraction of sp³-hybridized carbons (Fsp3) is 1.00. The van der Waals surface area contributed by atoms with E-state index in [1.165, 1.54) is 19.3 Å². The Kier molecular flexibility index (Phi) is 7.85. The lowest BCUT2D eigenvalue weighted by Gasteiger charge is -1.97. The summed E-state index contributed by atoms with van der Waals surface area (Å²) in [5.74, 6) is 0. The smallest absolute Gasteiger partial charge is 0.0822 e. The minimum atomic E-state index is 0.733. The Labute approximate surface area is 57.1 Å². The summed E-state index contributed by atoms with van der Waals surface area (Å²) in [4.78, 5) is 9.10. The maximum atomic E-state index is 4.68. The molecule has 0 N–H and O–H groups in total. The van der Waals surface area contributed by atoms with Gasteiger partial charge in [0, 0.05) is 0 Å². The number of unbranched alkanes of at least 4 members (excludes halogenated alkanes) is 3. The van der Waals surface area contributed by atoms with Gasteiger partial charge < -0.3 is 0 Å². The van der Waals surface area contributed by atoms with Gasteiger partial charge in [-0.1, -0.05) is 26.2 Å². The van der Waals surface area contributed by atoms with E-state index in [-0.39, 0.29) is 0 Å². The Morgan fingerprint density at radius 3 is 2.44 bits per heavy atom. The predicted octanol–water partition coefficient (Wildman–Crippen LogP) is 2.14. The van der Waals surface area contributed by atoms with E-state index in [9.17, 15) is 0 Å². The standard InChI is InChI=1S/C7H16O2/c1-3-4-5-6-7-9-8-2/h3-7H2,1-2H3. The third-order valence-corrected chi connectivity index (χ3v) is 1.20. The van der Waals surface area contributed by atoms with Crippen LogP contribution in [0.5, 0.6) is 0 Å². The van der Waals surface area contributed by atoms with Crippen molar-refractivity contribution in [3.05, 3.63) is 0 Å². The minimum absolute atomic E-state index is 0.733. The predicted molar refractivity (Wildman–Crippen MR) is 37.1 cm³/mol. The summed E-state index contributed by atoms with van der Waals surface area (Å²) in [7, 11) is 1.54. The van der Waals surface area contributed by atoms with Crippen LogP contribution in [-0.2, 0) is 9.78 Å². The molecule has 0 rings (SSSR count). The van der Waals surface area contributed by atoms with E-state index in [1.54, 1.807) is 7.11 Å². The van der Waals surface area contributed by atoms with Crippen LogP contribution in [0.25, 0.3) is 0 Å². The van der Waals surface area contributed by atoms with Crippen molar-refractivity contribution >= 4 is 0 Å². The first-order chi connectivity index (χ1) is 4.41. The van der Waals surface area contributed by atoms with E-state index >= 15 is 0 Å². The lowest BCUT2D eigenvalue weighted by atomic mass is 10.2. The van der Waals surface area contributed by atoms with Gasteiger partial charge in [0.15, 0.2) is 0 Å². The van der Waals surface area contributed by atoms with Gasteiger partial charge in [-0.15, -0.1) is 0 Å². The highest BCUT2D eigenvalue weighted by atomic mass is 17.2. The van der Waals surface area contributed by atoms with E-state index in [0.717, 1.165) is 13.0 Å². The van der Waals surface area contributed by atoms with Gasteiger partial charge in [-0.05, 0) is 6.42 Å². The average Bonchev–Trinajstić information content (AvgIpc) is 1.89. The molecule has 0 saturated heterocycles. The van der Waals surface area contributed by atoms with Gasteiger partial charge in [0.1, 0.15) is 0 Å². The van der Waals surface area contributed by atoms with Crippen LogP contribution in [0, 0.1) is 0 Å². The molecule has 0 fully saturated rings. The molecule has 0 saturated carbocycles. The van der Waals surface area contributed by atoms with Crippen LogP contribution in [0.15, 0.2) is 0 Å². The maximum absolute atomic E-state index is 4.68. The monoisotopic (exact) mass is 132 g/mol. The topological polar surface area (TPSA) is 18.5 Å². The lowest BCUT2D eigenvalue weighted by Crippen LogP contribution is -1.91. The van der Waals surface area contributed by atoms with Crippen LogP contribution in [0.1, 0.15) is 32.6 Å². The molecular weight excluding hydrogens is 116 g/mol. The second-order valence-corrected chi connectivity index (χ2v) is 2.05. The molecule has 2 heteroatoms. The van der Waals surface area contributed by atoms with Crippen molar-refractivity contribution in [1.29, 1.82) is 0 Å².